The molecular weight excluding hydrogens is 1090 g/mol. The van der Waals surface area contributed by atoms with Crippen LogP contribution in [-0.2, 0) is 0 Å². The van der Waals surface area contributed by atoms with Crippen LogP contribution in [0.1, 0.15) is 0 Å². The molecule has 0 fully saturated rings. The molecule has 416 valence electrons. The summed E-state index contributed by atoms with van der Waals surface area (Å²) in [5.41, 5.74) is 18.0. The van der Waals surface area contributed by atoms with E-state index >= 15 is 0 Å². The fraction of sp³-hybridized carbons (Fsp3) is 0. The van der Waals surface area contributed by atoms with Gasteiger partial charge in [0, 0.05) is 43.8 Å². The molecule has 12 aromatic carbocycles. The zero-order chi connectivity index (χ0) is 58.8. The highest BCUT2D eigenvalue weighted by molar-refractivity contribution is 6.25. The molecule has 0 amide bonds. The van der Waals surface area contributed by atoms with Crippen LogP contribution < -0.4 is 0 Å². The molecule has 0 atom stereocenters. The highest BCUT2D eigenvalue weighted by atomic mass is 15.2. The van der Waals surface area contributed by atoms with Gasteiger partial charge in [0.1, 0.15) is 6.33 Å². The summed E-state index contributed by atoms with van der Waals surface area (Å²) in [5, 5.41) is 3.99. The third-order valence-electron chi connectivity index (χ3n) is 16.9. The van der Waals surface area contributed by atoms with E-state index in [2.05, 4.69) is 281 Å². The first-order valence-electron chi connectivity index (χ1n) is 29.7. The maximum absolute atomic E-state index is 5.64. The SMILES string of the molecule is c1ccc(-c2ccccc2-c2nc(-c3ccccc3-c3ccccc3)nc(-n3c4ccccc4c4c(-n5cnc6ccccc65)c5c6ccccc6n(-c6nc(-c7ccccc7-c7ccccc7)nc(-c7ccccc7-c7ccccc7)n6)c5cc43)n2)cc1. The summed E-state index contributed by atoms with van der Waals surface area (Å²) in [4.78, 5) is 38.6. The van der Waals surface area contributed by atoms with Crippen molar-refractivity contribution < 1.29 is 0 Å². The minimum atomic E-state index is 0.449. The Balaban J connectivity index is 1.02. The first-order chi connectivity index (χ1) is 44.2. The zero-order valence-electron chi connectivity index (χ0n) is 47.8. The van der Waals surface area contributed by atoms with Crippen LogP contribution in [0.25, 0.3) is 162 Å². The van der Waals surface area contributed by atoms with Crippen molar-refractivity contribution in [2.24, 2.45) is 0 Å². The first-order valence-corrected chi connectivity index (χ1v) is 29.7. The van der Waals surface area contributed by atoms with Crippen molar-refractivity contribution in [3.05, 3.63) is 304 Å². The van der Waals surface area contributed by atoms with Gasteiger partial charge in [0.05, 0.1) is 38.8 Å². The Morgan fingerprint density at radius 1 is 0.236 bits per heavy atom. The van der Waals surface area contributed by atoms with E-state index in [1.807, 2.05) is 36.7 Å². The number of nitrogens with zero attached hydrogens (tertiary/aromatic N) is 10. The Kier molecular flexibility index (Phi) is 12.3. The third kappa shape index (κ3) is 8.68. The molecule has 0 N–H and O–H groups in total. The topological polar surface area (TPSA) is 105 Å². The molecule has 0 saturated carbocycles. The predicted octanol–water partition coefficient (Wildman–Crippen LogP) is 18.9. The Morgan fingerprint density at radius 2 is 0.528 bits per heavy atom. The Hall–Kier alpha value is -12.3. The maximum Gasteiger partial charge on any atom is 0.238 e. The third-order valence-corrected chi connectivity index (χ3v) is 16.9. The van der Waals surface area contributed by atoms with E-state index in [1.54, 1.807) is 0 Å². The van der Waals surface area contributed by atoms with E-state index in [4.69, 9.17) is 34.9 Å². The molecule has 89 heavy (non-hydrogen) atoms. The lowest BCUT2D eigenvalue weighted by Crippen LogP contribution is -2.08. The second-order valence-electron chi connectivity index (χ2n) is 22.0. The molecule has 0 aliphatic heterocycles. The van der Waals surface area contributed by atoms with E-state index in [9.17, 15) is 0 Å². The van der Waals surface area contributed by atoms with Crippen LogP contribution in [0.4, 0.5) is 0 Å². The number of para-hydroxylation sites is 4. The predicted molar refractivity (Wildman–Crippen MR) is 360 cm³/mol. The number of benzene rings is 12. The lowest BCUT2D eigenvalue weighted by molar-refractivity contribution is 0.948. The van der Waals surface area contributed by atoms with Gasteiger partial charge in [-0.25, -0.2) is 15.0 Å². The molecule has 5 heterocycles. The van der Waals surface area contributed by atoms with Gasteiger partial charge in [0.15, 0.2) is 23.3 Å². The van der Waals surface area contributed by atoms with Gasteiger partial charge in [0.2, 0.25) is 11.9 Å². The fourth-order valence-corrected chi connectivity index (χ4v) is 13.0. The zero-order valence-corrected chi connectivity index (χ0v) is 47.8. The van der Waals surface area contributed by atoms with E-state index in [0.717, 1.165) is 127 Å². The van der Waals surface area contributed by atoms with Crippen LogP contribution in [0.15, 0.2) is 304 Å². The number of imidazole rings is 1. The van der Waals surface area contributed by atoms with Crippen LogP contribution in [0, 0.1) is 0 Å². The Bertz CT molecular complexity index is 5050. The van der Waals surface area contributed by atoms with Gasteiger partial charge >= 0.3 is 0 Å². The normalized spacial score (nSPS) is 11.6. The molecule has 0 aliphatic carbocycles. The highest BCUT2D eigenvalue weighted by Gasteiger charge is 2.29. The van der Waals surface area contributed by atoms with Crippen molar-refractivity contribution in [3.8, 4) is 108 Å². The number of hydrogen-bond donors (Lipinski definition) is 0. The highest BCUT2D eigenvalue weighted by Crippen LogP contribution is 2.46. The second kappa shape index (κ2) is 21.4. The average molecular weight is 1140 g/mol. The first kappa shape index (κ1) is 51.2. The average Bonchev–Trinajstić information content (AvgIpc) is 1.60. The minimum absolute atomic E-state index is 0.449. The summed E-state index contributed by atoms with van der Waals surface area (Å²) < 4.78 is 6.69. The lowest BCUT2D eigenvalue weighted by Gasteiger charge is -2.16. The number of hydrogen-bond acceptors (Lipinski definition) is 7. The van der Waals surface area contributed by atoms with Crippen LogP contribution in [0.5, 0.6) is 0 Å². The summed E-state index contributed by atoms with van der Waals surface area (Å²) in [5.74, 6) is 3.03. The molecule has 0 unspecified atom stereocenters. The summed E-state index contributed by atoms with van der Waals surface area (Å²) in [6.07, 6.45) is 1.96. The molecule has 17 rings (SSSR count). The minimum Gasteiger partial charge on any atom is -0.297 e. The molecule has 0 saturated heterocycles. The van der Waals surface area contributed by atoms with Crippen LogP contribution in [0.2, 0.25) is 0 Å². The van der Waals surface area contributed by atoms with Crippen molar-refractivity contribution in [2.75, 3.05) is 0 Å². The van der Waals surface area contributed by atoms with E-state index in [0.29, 0.717) is 35.2 Å². The van der Waals surface area contributed by atoms with Crippen molar-refractivity contribution in [2.45, 2.75) is 0 Å². The van der Waals surface area contributed by atoms with Crippen molar-refractivity contribution >= 4 is 54.6 Å². The number of aromatic nitrogens is 10. The van der Waals surface area contributed by atoms with Crippen molar-refractivity contribution in [1.29, 1.82) is 0 Å². The van der Waals surface area contributed by atoms with Gasteiger partial charge in [-0.15, -0.1) is 0 Å². The van der Waals surface area contributed by atoms with Crippen molar-refractivity contribution in [3.63, 3.8) is 0 Å². The summed E-state index contributed by atoms with van der Waals surface area (Å²) >= 11 is 0. The molecule has 5 aromatic heterocycles. The smallest absolute Gasteiger partial charge is 0.238 e. The second-order valence-corrected chi connectivity index (χ2v) is 22.0. The van der Waals surface area contributed by atoms with Gasteiger partial charge in [-0.05, 0) is 74.8 Å². The molecule has 17 aromatic rings. The lowest BCUT2D eigenvalue weighted by atomic mass is 9.98. The van der Waals surface area contributed by atoms with Gasteiger partial charge in [0.25, 0.3) is 0 Å². The Morgan fingerprint density at radius 3 is 0.888 bits per heavy atom. The van der Waals surface area contributed by atoms with Crippen LogP contribution >= 0.6 is 0 Å². The number of rotatable bonds is 11. The van der Waals surface area contributed by atoms with Gasteiger partial charge < -0.3 is 0 Å². The van der Waals surface area contributed by atoms with E-state index in [-0.39, 0.29) is 0 Å². The quantitative estimate of drug-likeness (QED) is 0.127. The monoisotopic (exact) mass is 1140 g/mol. The molecule has 0 radical (unpaired) electrons. The molecule has 10 heteroatoms. The maximum atomic E-state index is 5.64. The number of fused-ring (bicyclic) bond motifs is 7. The summed E-state index contributed by atoms with van der Waals surface area (Å²) in [6.45, 7) is 0. The largest absolute Gasteiger partial charge is 0.297 e. The molecule has 10 nitrogen and oxygen atoms in total. The molecular formula is C79H50N10. The summed E-state index contributed by atoms with van der Waals surface area (Å²) in [6, 6.07) is 103. The van der Waals surface area contributed by atoms with Crippen molar-refractivity contribution in [1.82, 2.24) is 48.6 Å². The molecule has 0 aliphatic rings. The Labute approximate surface area is 511 Å². The van der Waals surface area contributed by atoms with Crippen LogP contribution in [-0.4, -0.2) is 48.6 Å². The van der Waals surface area contributed by atoms with Gasteiger partial charge in [-0.2, -0.15) is 19.9 Å². The molecule has 0 bridgehead atoms. The van der Waals surface area contributed by atoms with Crippen LogP contribution in [0.3, 0.4) is 0 Å². The molecule has 0 spiro atoms. The van der Waals surface area contributed by atoms with E-state index in [1.165, 1.54) is 0 Å². The van der Waals surface area contributed by atoms with Gasteiger partial charge in [-0.3, -0.25) is 13.7 Å². The standard InChI is InChI=1S/C79H50N10/c1-5-27-51(28-6-1)55-35-13-17-39-59(55)74-81-75(60-40-18-14-36-56(60)52-29-7-2-8-30-52)84-78(83-74)88-66-46-24-21-43-63(66)71-69(88)49-70-72(73(71)87-50-80-65-45-23-26-48-68(65)87)64-44-22-25-47-67(64)89(70)79-85-76(61-41-19-15-37-57(61)53-31-9-3-10-32-53)82-77(86-79)62-42-20-16-38-58(62)54-33-11-4-12-34-54/h1-50H. The summed E-state index contributed by atoms with van der Waals surface area (Å²) in [7, 11) is 0. The van der Waals surface area contributed by atoms with Gasteiger partial charge in [-0.1, -0.05) is 267 Å². The van der Waals surface area contributed by atoms with E-state index < -0.39 is 0 Å². The fourth-order valence-electron chi connectivity index (χ4n) is 13.0.